The van der Waals surface area contributed by atoms with Gasteiger partial charge in [-0.2, -0.15) is 4.98 Å². The third-order valence-corrected chi connectivity index (χ3v) is 3.37. The molecule has 0 fully saturated rings. The third-order valence-electron chi connectivity index (χ3n) is 2.36. The Morgan fingerprint density at radius 2 is 2.05 bits per heavy atom. The van der Waals surface area contributed by atoms with E-state index in [4.69, 9.17) is 10.5 Å². The van der Waals surface area contributed by atoms with Crippen LogP contribution in [0.1, 0.15) is 13.3 Å². The minimum Gasteiger partial charge on any atom is -0.476 e. The standard InChI is InChI=1S/C13H13F2N3OS/c1-2-5-19-12-11(16)13(18-7-17-12)20-8-3-4-9(14)10(15)6-8/h3-4,6-7H,2,5,16H2,1H3. The SMILES string of the molecule is CCCOc1ncnc(Sc2ccc(F)c(F)c2)c1N. The summed E-state index contributed by atoms with van der Waals surface area (Å²) in [6.07, 6.45) is 2.15. The summed E-state index contributed by atoms with van der Waals surface area (Å²) in [5.74, 6) is -1.51. The third kappa shape index (κ3) is 3.36. The van der Waals surface area contributed by atoms with Gasteiger partial charge in [0.05, 0.1) is 6.61 Å². The Bertz CT molecular complexity index is 610. The van der Waals surface area contributed by atoms with Gasteiger partial charge in [-0.15, -0.1) is 0 Å². The molecule has 1 heterocycles. The van der Waals surface area contributed by atoms with Crippen LogP contribution in [0.25, 0.3) is 0 Å². The number of ether oxygens (including phenoxy) is 1. The first-order valence-electron chi connectivity index (χ1n) is 5.98. The molecule has 2 N–H and O–H groups in total. The van der Waals surface area contributed by atoms with Crippen LogP contribution in [-0.2, 0) is 0 Å². The van der Waals surface area contributed by atoms with Gasteiger partial charge in [0.1, 0.15) is 17.0 Å². The van der Waals surface area contributed by atoms with E-state index in [1.165, 1.54) is 12.4 Å². The number of nitrogens with two attached hydrogens (primary N) is 1. The van der Waals surface area contributed by atoms with Gasteiger partial charge < -0.3 is 10.5 Å². The largest absolute Gasteiger partial charge is 0.476 e. The average molecular weight is 297 g/mol. The number of halogens is 2. The predicted octanol–water partition coefficient (Wildman–Crippen LogP) is 3.28. The molecule has 0 saturated carbocycles. The molecule has 0 aliphatic carbocycles. The van der Waals surface area contributed by atoms with Crippen LogP contribution in [0.4, 0.5) is 14.5 Å². The van der Waals surface area contributed by atoms with E-state index in [2.05, 4.69) is 9.97 Å². The summed E-state index contributed by atoms with van der Waals surface area (Å²) < 4.78 is 31.4. The van der Waals surface area contributed by atoms with Crippen molar-refractivity contribution in [3.8, 4) is 5.88 Å². The predicted molar refractivity (Wildman–Crippen MR) is 72.7 cm³/mol. The Kier molecular flexibility index (Phi) is 4.73. The fraction of sp³-hybridized carbons (Fsp3) is 0.231. The van der Waals surface area contributed by atoms with E-state index in [0.717, 1.165) is 30.3 Å². The summed E-state index contributed by atoms with van der Waals surface area (Å²) in [4.78, 5) is 8.47. The first-order valence-corrected chi connectivity index (χ1v) is 6.79. The Labute approximate surface area is 119 Å². The van der Waals surface area contributed by atoms with E-state index in [1.807, 2.05) is 6.92 Å². The average Bonchev–Trinajstić information content (AvgIpc) is 2.44. The molecule has 0 amide bonds. The van der Waals surface area contributed by atoms with Crippen molar-refractivity contribution in [3.05, 3.63) is 36.2 Å². The number of nitrogens with zero attached hydrogens (tertiary/aromatic N) is 2. The van der Waals surface area contributed by atoms with E-state index in [0.29, 0.717) is 22.4 Å². The lowest BCUT2D eigenvalue weighted by molar-refractivity contribution is 0.305. The van der Waals surface area contributed by atoms with Crippen LogP contribution in [0.2, 0.25) is 0 Å². The van der Waals surface area contributed by atoms with Crippen molar-refractivity contribution in [3.63, 3.8) is 0 Å². The highest BCUT2D eigenvalue weighted by atomic mass is 32.2. The zero-order valence-corrected chi connectivity index (χ0v) is 11.6. The van der Waals surface area contributed by atoms with Crippen LogP contribution in [0.15, 0.2) is 34.4 Å². The van der Waals surface area contributed by atoms with Crippen molar-refractivity contribution in [2.24, 2.45) is 0 Å². The highest BCUT2D eigenvalue weighted by Crippen LogP contribution is 2.34. The maximum atomic E-state index is 13.2. The van der Waals surface area contributed by atoms with Gasteiger partial charge in [-0.05, 0) is 24.6 Å². The van der Waals surface area contributed by atoms with E-state index in [-0.39, 0.29) is 5.69 Å². The molecule has 0 saturated heterocycles. The second-order valence-electron chi connectivity index (χ2n) is 3.92. The van der Waals surface area contributed by atoms with E-state index < -0.39 is 11.6 Å². The molecule has 0 unspecified atom stereocenters. The monoisotopic (exact) mass is 297 g/mol. The molecular weight excluding hydrogens is 284 g/mol. The molecule has 0 radical (unpaired) electrons. The van der Waals surface area contributed by atoms with Crippen molar-refractivity contribution in [2.75, 3.05) is 12.3 Å². The summed E-state index contributed by atoms with van der Waals surface area (Å²) >= 11 is 1.12. The first kappa shape index (κ1) is 14.5. The molecular formula is C13H13F2N3OS. The summed E-state index contributed by atoms with van der Waals surface area (Å²) in [6.45, 7) is 2.46. The molecule has 0 atom stereocenters. The number of rotatable bonds is 5. The van der Waals surface area contributed by atoms with Gasteiger partial charge in [-0.25, -0.2) is 13.8 Å². The molecule has 4 nitrogen and oxygen atoms in total. The number of benzene rings is 1. The molecule has 0 aliphatic rings. The number of aromatic nitrogens is 2. The second kappa shape index (κ2) is 6.51. The molecule has 1 aromatic carbocycles. The number of hydrogen-bond acceptors (Lipinski definition) is 5. The zero-order chi connectivity index (χ0) is 14.5. The van der Waals surface area contributed by atoms with Crippen molar-refractivity contribution in [1.29, 1.82) is 0 Å². The van der Waals surface area contributed by atoms with Crippen LogP contribution in [0.5, 0.6) is 5.88 Å². The molecule has 0 aliphatic heterocycles. The van der Waals surface area contributed by atoms with Crippen molar-refractivity contribution in [2.45, 2.75) is 23.3 Å². The molecule has 0 spiro atoms. The van der Waals surface area contributed by atoms with Gasteiger partial charge in [0.25, 0.3) is 0 Å². The highest BCUT2D eigenvalue weighted by molar-refractivity contribution is 7.99. The molecule has 106 valence electrons. The van der Waals surface area contributed by atoms with Crippen molar-refractivity contribution in [1.82, 2.24) is 9.97 Å². The van der Waals surface area contributed by atoms with Gasteiger partial charge in [0, 0.05) is 4.90 Å². The summed E-state index contributed by atoms with van der Waals surface area (Å²) in [6, 6.07) is 3.61. The molecule has 1 aromatic heterocycles. The van der Waals surface area contributed by atoms with Gasteiger partial charge in [-0.1, -0.05) is 18.7 Å². The molecule has 7 heteroatoms. The fourth-order valence-electron chi connectivity index (χ4n) is 1.41. The lowest BCUT2D eigenvalue weighted by Crippen LogP contribution is -2.03. The maximum absolute atomic E-state index is 13.2. The molecule has 2 aromatic rings. The van der Waals surface area contributed by atoms with Crippen molar-refractivity contribution >= 4 is 17.4 Å². The first-order chi connectivity index (χ1) is 9.61. The van der Waals surface area contributed by atoms with Crippen LogP contribution in [0, 0.1) is 11.6 Å². The minimum absolute atomic E-state index is 0.288. The van der Waals surface area contributed by atoms with Gasteiger partial charge in [0.2, 0.25) is 5.88 Å². The molecule has 2 rings (SSSR count). The van der Waals surface area contributed by atoms with E-state index in [1.54, 1.807) is 0 Å². The Hall–Kier alpha value is -1.89. The minimum atomic E-state index is -0.912. The van der Waals surface area contributed by atoms with Gasteiger partial charge >= 0.3 is 0 Å². The Morgan fingerprint density at radius 1 is 1.25 bits per heavy atom. The van der Waals surface area contributed by atoms with Crippen LogP contribution < -0.4 is 10.5 Å². The molecule has 20 heavy (non-hydrogen) atoms. The van der Waals surface area contributed by atoms with Crippen molar-refractivity contribution < 1.29 is 13.5 Å². The second-order valence-corrected chi connectivity index (χ2v) is 4.99. The lowest BCUT2D eigenvalue weighted by Gasteiger charge is -2.09. The normalized spacial score (nSPS) is 10.6. The van der Waals surface area contributed by atoms with Gasteiger partial charge in [0.15, 0.2) is 11.6 Å². The van der Waals surface area contributed by atoms with E-state index >= 15 is 0 Å². The summed E-state index contributed by atoms with van der Waals surface area (Å²) in [7, 11) is 0. The highest BCUT2D eigenvalue weighted by Gasteiger charge is 2.12. The summed E-state index contributed by atoms with van der Waals surface area (Å²) in [5.41, 5.74) is 6.19. The number of hydrogen-bond donors (Lipinski definition) is 1. The van der Waals surface area contributed by atoms with Gasteiger partial charge in [-0.3, -0.25) is 0 Å². The lowest BCUT2D eigenvalue weighted by atomic mass is 10.3. The quantitative estimate of drug-likeness (QED) is 0.858. The number of anilines is 1. The number of nitrogen functional groups attached to an aromatic ring is 1. The maximum Gasteiger partial charge on any atom is 0.241 e. The summed E-state index contributed by atoms with van der Waals surface area (Å²) in [5, 5.41) is 0.442. The molecule has 0 bridgehead atoms. The van der Waals surface area contributed by atoms with Crippen LogP contribution in [-0.4, -0.2) is 16.6 Å². The van der Waals surface area contributed by atoms with E-state index in [9.17, 15) is 8.78 Å². The topological polar surface area (TPSA) is 61.0 Å². The fourth-order valence-corrected chi connectivity index (χ4v) is 2.23. The smallest absolute Gasteiger partial charge is 0.241 e. The van der Waals surface area contributed by atoms with Crippen LogP contribution in [0.3, 0.4) is 0 Å². The van der Waals surface area contributed by atoms with Crippen LogP contribution >= 0.6 is 11.8 Å². The Balaban J connectivity index is 2.22. The zero-order valence-electron chi connectivity index (χ0n) is 10.8. The Morgan fingerprint density at radius 3 is 2.75 bits per heavy atom.